The molecular formula is C38H73N3O2. The van der Waals surface area contributed by atoms with E-state index in [1.54, 1.807) is 0 Å². The molecule has 0 aromatic heterocycles. The third-order valence-electron chi connectivity index (χ3n) is 13.5. The molecule has 0 amide bonds. The van der Waals surface area contributed by atoms with Gasteiger partial charge in [0.25, 0.3) is 0 Å². The van der Waals surface area contributed by atoms with E-state index in [1.807, 2.05) is 0 Å². The van der Waals surface area contributed by atoms with Gasteiger partial charge >= 0.3 is 0 Å². The summed E-state index contributed by atoms with van der Waals surface area (Å²) in [5, 5.41) is 3.76. The molecule has 4 fully saturated rings. The smallest absolute Gasteiger partial charge is 0.0611 e. The zero-order valence-electron chi connectivity index (χ0n) is 29.1. The standard InChI is InChI=1S/C38H73N3O2/c1-5-6-7-8-9-10-23-41-24-11-14-29(2)32-15-16-33-36-34(18-20-38(32,33)4)37(3)19-17-31(42-25-12-21-39)27-30(37)28-35(36)43-26-13-22-40/h29-36,41H,5-28,39-40H2,1-4H3/t29-,30?,31-,32-,33+,34+,35-,36?,37?,38-/m1/s1. The summed E-state index contributed by atoms with van der Waals surface area (Å²) in [4.78, 5) is 0. The molecule has 5 heteroatoms. The fraction of sp³-hybridized carbons (Fsp3) is 1.00. The largest absolute Gasteiger partial charge is 0.378 e. The van der Waals surface area contributed by atoms with Gasteiger partial charge in [-0.3, -0.25) is 0 Å². The van der Waals surface area contributed by atoms with Crippen LogP contribution >= 0.6 is 0 Å². The molecule has 3 unspecified atom stereocenters. The zero-order valence-corrected chi connectivity index (χ0v) is 29.1. The van der Waals surface area contributed by atoms with E-state index < -0.39 is 0 Å². The maximum Gasteiger partial charge on any atom is 0.0611 e. The molecule has 10 atom stereocenters. The summed E-state index contributed by atoms with van der Waals surface area (Å²) in [6, 6.07) is 0. The number of hydrogen-bond donors (Lipinski definition) is 3. The maximum atomic E-state index is 6.86. The molecule has 43 heavy (non-hydrogen) atoms. The lowest BCUT2D eigenvalue weighted by Crippen LogP contribution is -2.59. The van der Waals surface area contributed by atoms with Crippen LogP contribution in [0.2, 0.25) is 0 Å². The molecule has 0 aromatic carbocycles. The molecule has 252 valence electrons. The van der Waals surface area contributed by atoms with Crippen LogP contribution in [0.15, 0.2) is 0 Å². The minimum Gasteiger partial charge on any atom is -0.378 e. The molecule has 0 aromatic rings. The molecule has 0 radical (unpaired) electrons. The molecule has 4 aliphatic rings. The van der Waals surface area contributed by atoms with E-state index in [1.165, 1.54) is 116 Å². The van der Waals surface area contributed by atoms with Crippen molar-refractivity contribution in [3.05, 3.63) is 0 Å². The van der Waals surface area contributed by atoms with E-state index in [-0.39, 0.29) is 0 Å². The van der Waals surface area contributed by atoms with Crippen LogP contribution in [0.4, 0.5) is 0 Å². The fourth-order valence-electron chi connectivity index (χ4n) is 11.0. The first kappa shape index (κ1) is 35.7. The lowest BCUT2D eigenvalue weighted by Gasteiger charge is -2.63. The van der Waals surface area contributed by atoms with Crippen LogP contribution < -0.4 is 16.8 Å². The number of nitrogens with two attached hydrogens (primary N) is 2. The van der Waals surface area contributed by atoms with Gasteiger partial charge in [0.2, 0.25) is 0 Å². The van der Waals surface area contributed by atoms with E-state index in [2.05, 4.69) is 33.0 Å². The van der Waals surface area contributed by atoms with Crippen molar-refractivity contribution in [2.75, 3.05) is 39.4 Å². The van der Waals surface area contributed by atoms with Crippen molar-refractivity contribution in [3.63, 3.8) is 0 Å². The second-order valence-electron chi connectivity index (χ2n) is 16.1. The van der Waals surface area contributed by atoms with Crippen molar-refractivity contribution in [1.82, 2.24) is 5.32 Å². The minimum atomic E-state index is 0.405. The normalized spacial score (nSPS) is 38.0. The molecule has 0 heterocycles. The number of ether oxygens (including phenoxy) is 2. The lowest BCUT2D eigenvalue weighted by molar-refractivity contribution is -0.191. The minimum absolute atomic E-state index is 0.405. The summed E-state index contributed by atoms with van der Waals surface area (Å²) in [6.45, 7) is 15.8. The first-order valence-corrected chi connectivity index (χ1v) is 19.2. The predicted molar refractivity (Wildman–Crippen MR) is 182 cm³/mol. The van der Waals surface area contributed by atoms with Gasteiger partial charge in [0.1, 0.15) is 0 Å². The van der Waals surface area contributed by atoms with Crippen molar-refractivity contribution in [3.8, 4) is 0 Å². The second kappa shape index (κ2) is 17.6. The van der Waals surface area contributed by atoms with Crippen LogP contribution in [0.3, 0.4) is 0 Å². The third-order valence-corrected chi connectivity index (χ3v) is 13.5. The van der Waals surface area contributed by atoms with E-state index in [0.717, 1.165) is 74.7 Å². The van der Waals surface area contributed by atoms with Crippen LogP contribution in [-0.4, -0.2) is 51.6 Å². The van der Waals surface area contributed by atoms with Gasteiger partial charge in [-0.1, -0.05) is 59.8 Å². The summed E-state index contributed by atoms with van der Waals surface area (Å²) < 4.78 is 13.2. The van der Waals surface area contributed by atoms with E-state index in [9.17, 15) is 0 Å². The molecule has 4 aliphatic carbocycles. The molecule has 4 saturated carbocycles. The topological polar surface area (TPSA) is 82.5 Å². The van der Waals surface area contributed by atoms with Crippen molar-refractivity contribution in [2.24, 2.45) is 57.8 Å². The Bertz CT molecular complexity index is 780. The van der Waals surface area contributed by atoms with Crippen molar-refractivity contribution >= 4 is 0 Å². The Kier molecular flexibility index (Phi) is 14.6. The van der Waals surface area contributed by atoms with Crippen LogP contribution in [0, 0.1) is 46.3 Å². The Hall–Kier alpha value is -0.200. The van der Waals surface area contributed by atoms with Gasteiger partial charge in [-0.2, -0.15) is 0 Å². The summed E-state index contributed by atoms with van der Waals surface area (Å²) in [5.41, 5.74) is 12.6. The number of fused-ring (bicyclic) bond motifs is 5. The second-order valence-corrected chi connectivity index (χ2v) is 16.1. The summed E-state index contributed by atoms with van der Waals surface area (Å²) in [6.07, 6.45) is 24.5. The number of rotatable bonds is 20. The highest BCUT2D eigenvalue weighted by atomic mass is 16.5. The van der Waals surface area contributed by atoms with E-state index in [0.29, 0.717) is 23.0 Å². The van der Waals surface area contributed by atoms with Crippen LogP contribution in [0.25, 0.3) is 0 Å². The fourth-order valence-corrected chi connectivity index (χ4v) is 11.0. The van der Waals surface area contributed by atoms with Gasteiger partial charge in [-0.25, -0.2) is 0 Å². The average Bonchev–Trinajstić information content (AvgIpc) is 3.36. The van der Waals surface area contributed by atoms with Crippen molar-refractivity contribution in [2.45, 2.75) is 155 Å². The van der Waals surface area contributed by atoms with E-state index >= 15 is 0 Å². The molecule has 5 nitrogen and oxygen atoms in total. The lowest BCUT2D eigenvalue weighted by atomic mass is 9.43. The van der Waals surface area contributed by atoms with Gasteiger partial charge in [0.15, 0.2) is 0 Å². The quantitative estimate of drug-likeness (QED) is 0.123. The average molecular weight is 604 g/mol. The molecule has 5 N–H and O–H groups in total. The molecule has 0 saturated heterocycles. The third kappa shape index (κ3) is 8.79. The summed E-state index contributed by atoms with van der Waals surface area (Å²) >= 11 is 0. The van der Waals surface area contributed by atoms with Crippen LogP contribution in [0.1, 0.15) is 143 Å². The molecule has 4 rings (SSSR count). The van der Waals surface area contributed by atoms with Gasteiger partial charge < -0.3 is 26.3 Å². The van der Waals surface area contributed by atoms with Crippen molar-refractivity contribution < 1.29 is 9.47 Å². The summed E-state index contributed by atoms with van der Waals surface area (Å²) in [7, 11) is 0. The molecular weight excluding hydrogens is 530 g/mol. The van der Waals surface area contributed by atoms with Crippen LogP contribution in [-0.2, 0) is 9.47 Å². The van der Waals surface area contributed by atoms with Crippen molar-refractivity contribution in [1.29, 1.82) is 0 Å². The number of nitrogens with one attached hydrogen (secondary N) is 1. The van der Waals surface area contributed by atoms with Crippen LogP contribution in [0.5, 0.6) is 0 Å². The molecule has 0 aliphatic heterocycles. The number of unbranched alkanes of at least 4 members (excludes halogenated alkanes) is 5. The SMILES string of the molecule is CCCCCCCCNCCC[C@@H](C)[C@H]1CC[C@H]2C3[C@H](OCCCN)CC4C[C@H](OCCCN)CCC4(C)[C@H]3CC[C@]12C. The highest BCUT2D eigenvalue weighted by Gasteiger charge is 2.63. The Labute approximate surface area is 267 Å². The molecule has 0 spiro atoms. The van der Waals surface area contributed by atoms with Gasteiger partial charge in [-0.05, 0) is 156 Å². The first-order valence-electron chi connectivity index (χ1n) is 19.2. The summed E-state index contributed by atoms with van der Waals surface area (Å²) in [5.74, 6) is 4.77. The number of hydrogen-bond acceptors (Lipinski definition) is 5. The monoisotopic (exact) mass is 604 g/mol. The Morgan fingerprint density at radius 2 is 1.42 bits per heavy atom. The van der Waals surface area contributed by atoms with Gasteiger partial charge in [0.05, 0.1) is 12.2 Å². The Balaban J connectivity index is 1.34. The van der Waals surface area contributed by atoms with Gasteiger partial charge in [0, 0.05) is 13.2 Å². The maximum absolute atomic E-state index is 6.86. The highest BCUT2D eigenvalue weighted by molar-refractivity contribution is 5.12. The van der Waals surface area contributed by atoms with Gasteiger partial charge in [-0.15, -0.1) is 0 Å². The zero-order chi connectivity index (χ0) is 30.7. The molecule has 0 bridgehead atoms. The Morgan fingerprint density at radius 1 is 0.744 bits per heavy atom. The first-order chi connectivity index (χ1) is 20.9. The highest BCUT2D eigenvalue weighted by Crippen LogP contribution is 2.68. The van der Waals surface area contributed by atoms with E-state index in [4.69, 9.17) is 20.9 Å². The Morgan fingerprint density at radius 3 is 2.19 bits per heavy atom. The predicted octanol–water partition coefficient (Wildman–Crippen LogP) is 8.09.